The van der Waals surface area contributed by atoms with E-state index in [9.17, 15) is 9.90 Å². The van der Waals surface area contributed by atoms with Gasteiger partial charge in [0, 0.05) is 45.2 Å². The number of carbonyl (C=O) groups is 1. The minimum atomic E-state index is 0. The van der Waals surface area contributed by atoms with Crippen LogP contribution in [0.5, 0.6) is 0 Å². The standard InChI is InChI=1S/C25H20N.C11H20O2.Ir/c1-15(2)18-13-17-10-11-26-25-21-9-8-16(3)12-22(21)19-6-4-5-7-20(19)23(14-18)24(17)25;1-8(2)5-10(12)7-11(13)6-9(3)4;/h4-8,10-15H,1-3H3;7-9,12H,5-6H2,1-4H3;/q-1;;/b;10-7-;. The summed E-state index contributed by atoms with van der Waals surface area (Å²) in [5.41, 5.74) is 9.79. The van der Waals surface area contributed by atoms with Gasteiger partial charge in [-0.1, -0.05) is 96.0 Å². The van der Waals surface area contributed by atoms with E-state index in [1.807, 2.05) is 33.9 Å². The van der Waals surface area contributed by atoms with Gasteiger partial charge in [0.15, 0.2) is 5.78 Å². The van der Waals surface area contributed by atoms with Crippen molar-refractivity contribution < 1.29 is 30.0 Å². The molecule has 5 rings (SSSR count). The number of ketones is 1. The SMILES string of the molecule is CC(C)CC(=O)/C=C(\O)CC(C)C.Cc1c[c-]c2c(c1)-c1ccccc1-c1cc(C(C)C)cc3ccnc-2c13.[Ir]. The Labute approximate surface area is 253 Å². The number of pyridine rings is 1. The zero-order valence-electron chi connectivity index (χ0n) is 24.6. The molecule has 0 spiro atoms. The predicted octanol–water partition coefficient (Wildman–Crippen LogP) is 9.87. The number of aliphatic hydroxyl groups is 1. The van der Waals surface area contributed by atoms with Crippen molar-refractivity contribution in [2.75, 3.05) is 0 Å². The molecule has 0 bridgehead atoms. The van der Waals surface area contributed by atoms with Gasteiger partial charge in [0.25, 0.3) is 0 Å². The number of benzene rings is 3. The van der Waals surface area contributed by atoms with Gasteiger partial charge in [-0.25, -0.2) is 0 Å². The molecule has 3 aromatic carbocycles. The minimum Gasteiger partial charge on any atom is -0.512 e. The van der Waals surface area contributed by atoms with Gasteiger partial charge in [-0.15, -0.1) is 29.3 Å². The first kappa shape index (κ1) is 31.5. The molecule has 0 saturated carbocycles. The van der Waals surface area contributed by atoms with Crippen LogP contribution in [0.25, 0.3) is 44.3 Å². The molecule has 0 atom stereocenters. The molecule has 1 aromatic heterocycles. The molecule has 211 valence electrons. The molecule has 4 heteroatoms. The van der Waals surface area contributed by atoms with Crippen molar-refractivity contribution in [2.24, 2.45) is 11.8 Å². The second-order valence-corrected chi connectivity index (χ2v) is 11.8. The van der Waals surface area contributed by atoms with Crippen LogP contribution in [0.3, 0.4) is 0 Å². The molecule has 4 aromatic rings. The van der Waals surface area contributed by atoms with Crippen LogP contribution in [0.15, 0.2) is 72.6 Å². The van der Waals surface area contributed by atoms with Crippen molar-refractivity contribution in [1.82, 2.24) is 4.98 Å². The largest absolute Gasteiger partial charge is 0.512 e. The van der Waals surface area contributed by atoms with Crippen molar-refractivity contribution >= 4 is 16.6 Å². The summed E-state index contributed by atoms with van der Waals surface area (Å²) in [5, 5.41) is 11.8. The Morgan fingerprint density at radius 2 is 1.55 bits per heavy atom. The van der Waals surface area contributed by atoms with E-state index >= 15 is 0 Å². The van der Waals surface area contributed by atoms with Crippen LogP contribution in [-0.2, 0) is 24.9 Å². The Morgan fingerprint density at radius 3 is 2.17 bits per heavy atom. The second kappa shape index (κ2) is 13.5. The molecule has 0 amide bonds. The first-order valence-corrected chi connectivity index (χ1v) is 14.0. The van der Waals surface area contributed by atoms with Crippen molar-refractivity contribution in [3.05, 3.63) is 89.8 Å². The van der Waals surface area contributed by atoms with Gasteiger partial charge >= 0.3 is 0 Å². The number of fused-ring (bicyclic) bond motifs is 5. The summed E-state index contributed by atoms with van der Waals surface area (Å²) in [6.07, 6.45) is 4.39. The molecular weight excluding hydrogens is 671 g/mol. The number of aromatic nitrogens is 1. The van der Waals surface area contributed by atoms with Gasteiger partial charge in [0.2, 0.25) is 0 Å². The van der Waals surface area contributed by atoms with Gasteiger partial charge in [0.05, 0.1) is 5.76 Å². The molecule has 0 aliphatic heterocycles. The number of nitrogens with zero attached hydrogens (tertiary/aromatic N) is 1. The summed E-state index contributed by atoms with van der Waals surface area (Å²) in [6, 6.07) is 23.4. The van der Waals surface area contributed by atoms with Gasteiger partial charge in [-0.3, -0.25) is 4.79 Å². The van der Waals surface area contributed by atoms with E-state index in [1.54, 1.807) is 0 Å². The van der Waals surface area contributed by atoms with Crippen LogP contribution in [-0.4, -0.2) is 15.9 Å². The summed E-state index contributed by atoms with van der Waals surface area (Å²) < 4.78 is 0. The molecule has 0 saturated heterocycles. The molecule has 0 fully saturated rings. The van der Waals surface area contributed by atoms with Crippen LogP contribution in [0.2, 0.25) is 0 Å². The van der Waals surface area contributed by atoms with E-state index in [4.69, 9.17) is 4.98 Å². The molecule has 1 heterocycles. The summed E-state index contributed by atoms with van der Waals surface area (Å²) in [4.78, 5) is 16.0. The third kappa shape index (κ3) is 7.16. The summed E-state index contributed by atoms with van der Waals surface area (Å²) in [7, 11) is 0. The maximum atomic E-state index is 11.2. The Kier molecular flexibility index (Phi) is 10.6. The zero-order chi connectivity index (χ0) is 28.3. The smallest absolute Gasteiger partial charge is 0.159 e. The van der Waals surface area contributed by atoms with Gasteiger partial charge in [0.1, 0.15) is 0 Å². The Bertz CT molecular complexity index is 1530. The summed E-state index contributed by atoms with van der Waals surface area (Å²) in [5.74, 6) is 1.46. The quantitative estimate of drug-likeness (QED) is 0.108. The van der Waals surface area contributed by atoms with E-state index in [0.717, 1.165) is 11.3 Å². The van der Waals surface area contributed by atoms with Crippen LogP contribution in [0, 0.1) is 24.8 Å². The molecule has 0 unspecified atom stereocenters. The molecule has 40 heavy (non-hydrogen) atoms. The monoisotopic (exact) mass is 711 g/mol. The molecule has 1 aliphatic carbocycles. The van der Waals surface area contributed by atoms with Crippen LogP contribution >= 0.6 is 0 Å². The van der Waals surface area contributed by atoms with Crippen molar-refractivity contribution in [2.45, 2.75) is 67.2 Å². The number of carbonyl (C=O) groups excluding carboxylic acids is 1. The van der Waals surface area contributed by atoms with Crippen LogP contribution in [0.4, 0.5) is 0 Å². The van der Waals surface area contributed by atoms with E-state index in [-0.39, 0.29) is 31.6 Å². The molecule has 1 aliphatic rings. The number of rotatable bonds is 6. The van der Waals surface area contributed by atoms with Crippen molar-refractivity contribution in [3.63, 3.8) is 0 Å². The fraction of sp³-hybridized carbons (Fsp3) is 0.333. The van der Waals surface area contributed by atoms with Crippen molar-refractivity contribution in [3.8, 4) is 33.5 Å². The minimum absolute atomic E-state index is 0. The average Bonchev–Trinajstić information content (AvgIpc) is 2.97. The number of aliphatic hydroxyl groups excluding tert-OH is 1. The maximum Gasteiger partial charge on any atom is 0.159 e. The Morgan fingerprint density at radius 1 is 0.900 bits per heavy atom. The van der Waals surface area contributed by atoms with Gasteiger partial charge < -0.3 is 10.1 Å². The Hall–Kier alpha value is -3.07. The average molecular weight is 711 g/mol. The zero-order valence-corrected chi connectivity index (χ0v) is 27.0. The normalized spacial score (nSPS) is 11.9. The fourth-order valence-electron chi connectivity index (χ4n) is 5.17. The first-order chi connectivity index (χ1) is 18.5. The summed E-state index contributed by atoms with van der Waals surface area (Å²) in [6.45, 7) is 14.6. The van der Waals surface area contributed by atoms with E-state index in [0.29, 0.717) is 30.6 Å². The van der Waals surface area contributed by atoms with E-state index in [1.165, 1.54) is 50.2 Å². The molecule has 3 nitrogen and oxygen atoms in total. The topological polar surface area (TPSA) is 50.2 Å². The number of allylic oxidation sites excluding steroid dienone is 2. The van der Waals surface area contributed by atoms with Crippen LogP contribution in [0.1, 0.15) is 71.4 Å². The number of aryl methyl sites for hydroxylation is 1. The van der Waals surface area contributed by atoms with Crippen molar-refractivity contribution in [1.29, 1.82) is 0 Å². The van der Waals surface area contributed by atoms with Gasteiger partial charge in [-0.05, 0) is 57.0 Å². The number of hydrogen-bond acceptors (Lipinski definition) is 3. The van der Waals surface area contributed by atoms with E-state index in [2.05, 4.69) is 81.4 Å². The Balaban J connectivity index is 0.000000272. The molecular formula is C36H40IrNO2-. The first-order valence-electron chi connectivity index (χ1n) is 14.0. The van der Waals surface area contributed by atoms with Crippen LogP contribution < -0.4 is 0 Å². The maximum absolute atomic E-state index is 11.2. The molecule has 1 N–H and O–H groups in total. The third-order valence-electron chi connectivity index (χ3n) is 6.94. The molecule has 1 radical (unpaired) electrons. The summed E-state index contributed by atoms with van der Waals surface area (Å²) >= 11 is 0. The second-order valence-electron chi connectivity index (χ2n) is 11.8. The fourth-order valence-corrected chi connectivity index (χ4v) is 5.17. The third-order valence-corrected chi connectivity index (χ3v) is 6.94. The predicted molar refractivity (Wildman–Crippen MR) is 164 cm³/mol. The van der Waals surface area contributed by atoms with Gasteiger partial charge in [-0.2, -0.15) is 0 Å². The number of hydrogen-bond donors (Lipinski definition) is 1. The van der Waals surface area contributed by atoms with E-state index < -0.39 is 0 Å².